The molecule has 0 unspecified atom stereocenters. The third-order valence-corrected chi connectivity index (χ3v) is 3.84. The van der Waals surface area contributed by atoms with Crippen LogP contribution in [0.25, 0.3) is 22.8 Å². The fourth-order valence-electron chi connectivity index (χ4n) is 2.59. The average Bonchev–Trinajstić information content (AvgIpc) is 3.35. The van der Waals surface area contributed by atoms with Crippen LogP contribution in [0.4, 0.5) is 15.9 Å². The summed E-state index contributed by atoms with van der Waals surface area (Å²) in [6.07, 6.45) is 2.77. The number of hydrogen-bond donors (Lipinski definition) is 3. The molecule has 1 aromatic carbocycles. The number of anilines is 2. The minimum Gasteiger partial charge on any atom is -0.421 e. The normalized spacial score (nSPS) is 10.7. The molecular weight excluding hydrogens is 349 g/mol. The van der Waals surface area contributed by atoms with Gasteiger partial charge in [0, 0.05) is 30.6 Å². The first-order valence-electron chi connectivity index (χ1n) is 8.02. The van der Waals surface area contributed by atoms with E-state index in [2.05, 4.69) is 30.7 Å². The quantitative estimate of drug-likeness (QED) is 0.465. The number of benzene rings is 1. The van der Waals surface area contributed by atoms with Gasteiger partial charge in [-0.1, -0.05) is 0 Å². The molecule has 0 radical (unpaired) electrons. The summed E-state index contributed by atoms with van der Waals surface area (Å²) in [5, 5.41) is 25.7. The van der Waals surface area contributed by atoms with Crippen molar-refractivity contribution in [3.8, 4) is 22.8 Å². The molecule has 3 aromatic heterocycles. The van der Waals surface area contributed by atoms with Crippen LogP contribution >= 0.6 is 0 Å². The molecule has 0 spiro atoms. The molecule has 9 heteroatoms. The monoisotopic (exact) mass is 363 g/mol. The molecule has 0 aliphatic heterocycles. The number of aromatic amines is 1. The van der Waals surface area contributed by atoms with Gasteiger partial charge in [0.1, 0.15) is 11.6 Å². The summed E-state index contributed by atoms with van der Waals surface area (Å²) in [7, 11) is 0. The average molecular weight is 363 g/mol. The fraction of sp³-hybridized carbons (Fsp3) is 0.0556. The van der Waals surface area contributed by atoms with E-state index in [1.165, 1.54) is 12.1 Å². The summed E-state index contributed by atoms with van der Waals surface area (Å²) in [5.41, 5.74) is 2.90. The van der Waals surface area contributed by atoms with Crippen molar-refractivity contribution < 1.29 is 8.81 Å². The Morgan fingerprint density at radius 1 is 1.19 bits per heavy atom. The zero-order valence-corrected chi connectivity index (χ0v) is 14.2. The SMILES string of the molecule is Cc1nnc(-c2cc(-c3ccn[nH]3)nc(Nc3ccc(F)cc3)c2C=N)o1. The first kappa shape index (κ1) is 16.6. The standard InChI is InChI=1S/C18H14FN7O/c1-10-24-26-18(27-10)13-8-16(15-6-7-21-25-15)23-17(14(13)9-20)22-12-4-2-11(19)3-5-12/h2-9,20H,1H3,(H,21,25)(H,22,23). The zero-order valence-electron chi connectivity index (χ0n) is 14.2. The molecule has 0 saturated heterocycles. The van der Waals surface area contributed by atoms with E-state index in [0.29, 0.717) is 39.9 Å². The number of aromatic nitrogens is 5. The van der Waals surface area contributed by atoms with Gasteiger partial charge in [-0.15, -0.1) is 10.2 Å². The Balaban J connectivity index is 1.88. The number of nitrogens with zero attached hydrogens (tertiary/aromatic N) is 4. The van der Waals surface area contributed by atoms with Crippen LogP contribution in [0.5, 0.6) is 0 Å². The van der Waals surface area contributed by atoms with E-state index in [-0.39, 0.29) is 11.7 Å². The summed E-state index contributed by atoms with van der Waals surface area (Å²) < 4.78 is 18.7. The van der Waals surface area contributed by atoms with Gasteiger partial charge in [-0.25, -0.2) is 9.37 Å². The number of nitrogens with one attached hydrogen (secondary N) is 3. The molecule has 4 rings (SSSR count). The van der Waals surface area contributed by atoms with Gasteiger partial charge in [-0.3, -0.25) is 5.10 Å². The molecule has 8 nitrogen and oxygen atoms in total. The van der Waals surface area contributed by atoms with E-state index in [1.54, 1.807) is 37.4 Å². The molecule has 134 valence electrons. The van der Waals surface area contributed by atoms with Crippen LogP contribution in [0.3, 0.4) is 0 Å². The maximum atomic E-state index is 13.2. The lowest BCUT2D eigenvalue weighted by molar-refractivity contribution is 0.532. The highest BCUT2D eigenvalue weighted by molar-refractivity contribution is 5.95. The van der Waals surface area contributed by atoms with Gasteiger partial charge in [0.05, 0.1) is 17.0 Å². The smallest absolute Gasteiger partial charge is 0.248 e. The molecule has 27 heavy (non-hydrogen) atoms. The van der Waals surface area contributed by atoms with Crippen molar-refractivity contribution in [3.63, 3.8) is 0 Å². The minimum atomic E-state index is -0.339. The van der Waals surface area contributed by atoms with Crippen LogP contribution in [0.15, 0.2) is 47.0 Å². The summed E-state index contributed by atoms with van der Waals surface area (Å²) in [4.78, 5) is 4.58. The van der Waals surface area contributed by atoms with E-state index in [4.69, 9.17) is 9.83 Å². The van der Waals surface area contributed by atoms with E-state index in [1.807, 2.05) is 0 Å². The lowest BCUT2D eigenvalue weighted by Gasteiger charge is -2.13. The second-order valence-corrected chi connectivity index (χ2v) is 5.69. The Bertz CT molecular complexity index is 1090. The van der Waals surface area contributed by atoms with Gasteiger partial charge in [0.25, 0.3) is 0 Å². The third kappa shape index (κ3) is 3.30. The fourth-order valence-corrected chi connectivity index (χ4v) is 2.59. The molecule has 0 aliphatic carbocycles. The van der Waals surface area contributed by atoms with E-state index in [9.17, 15) is 4.39 Å². The van der Waals surface area contributed by atoms with Gasteiger partial charge in [0.15, 0.2) is 0 Å². The number of hydrogen-bond acceptors (Lipinski definition) is 7. The summed E-state index contributed by atoms with van der Waals surface area (Å²) in [5.74, 6) is 0.744. The lowest BCUT2D eigenvalue weighted by Crippen LogP contribution is -2.03. The third-order valence-electron chi connectivity index (χ3n) is 3.84. The van der Waals surface area contributed by atoms with Crippen LogP contribution in [0.1, 0.15) is 11.5 Å². The van der Waals surface area contributed by atoms with Crippen molar-refractivity contribution in [2.75, 3.05) is 5.32 Å². The van der Waals surface area contributed by atoms with Gasteiger partial charge in [-0.2, -0.15) is 5.10 Å². The molecule has 0 fully saturated rings. The Labute approximate surface area is 153 Å². The highest BCUT2D eigenvalue weighted by atomic mass is 19.1. The molecule has 0 aliphatic rings. The largest absolute Gasteiger partial charge is 0.421 e. The number of halogens is 1. The number of H-pyrrole nitrogens is 1. The van der Waals surface area contributed by atoms with Crippen molar-refractivity contribution in [2.45, 2.75) is 6.92 Å². The van der Waals surface area contributed by atoms with E-state index in [0.717, 1.165) is 6.21 Å². The summed E-state index contributed by atoms with van der Waals surface area (Å²) in [6, 6.07) is 9.38. The topological polar surface area (TPSA) is 116 Å². The molecule has 3 N–H and O–H groups in total. The molecule has 0 saturated carbocycles. The predicted molar refractivity (Wildman–Crippen MR) is 97.4 cm³/mol. The van der Waals surface area contributed by atoms with Gasteiger partial charge in [-0.05, 0) is 36.4 Å². The van der Waals surface area contributed by atoms with Crippen molar-refractivity contribution in [3.05, 3.63) is 59.9 Å². The van der Waals surface area contributed by atoms with Crippen molar-refractivity contribution >= 4 is 17.7 Å². The van der Waals surface area contributed by atoms with Crippen LogP contribution < -0.4 is 5.32 Å². The van der Waals surface area contributed by atoms with Gasteiger partial charge in [0.2, 0.25) is 11.8 Å². The maximum absolute atomic E-state index is 13.2. The Morgan fingerprint density at radius 2 is 2.00 bits per heavy atom. The highest BCUT2D eigenvalue weighted by Crippen LogP contribution is 2.32. The summed E-state index contributed by atoms with van der Waals surface area (Å²) >= 11 is 0. The van der Waals surface area contributed by atoms with Crippen LogP contribution in [-0.4, -0.2) is 31.6 Å². The second kappa shape index (κ2) is 6.79. The highest BCUT2D eigenvalue weighted by Gasteiger charge is 2.18. The molecule has 0 amide bonds. The van der Waals surface area contributed by atoms with Crippen molar-refractivity contribution in [2.24, 2.45) is 0 Å². The Hall–Kier alpha value is -3.88. The first-order chi connectivity index (χ1) is 13.1. The van der Waals surface area contributed by atoms with Gasteiger partial charge < -0.3 is 15.1 Å². The number of rotatable bonds is 5. The maximum Gasteiger partial charge on any atom is 0.248 e. The second-order valence-electron chi connectivity index (χ2n) is 5.69. The molecule has 0 bridgehead atoms. The number of pyridine rings is 1. The number of aryl methyl sites for hydroxylation is 1. The lowest BCUT2D eigenvalue weighted by atomic mass is 10.1. The predicted octanol–water partition coefficient (Wildman–Crippen LogP) is 3.71. The molecule has 0 atom stereocenters. The van der Waals surface area contributed by atoms with Crippen LogP contribution in [-0.2, 0) is 0 Å². The minimum absolute atomic E-state index is 0.274. The van der Waals surface area contributed by atoms with E-state index >= 15 is 0 Å². The van der Waals surface area contributed by atoms with Crippen LogP contribution in [0, 0.1) is 18.2 Å². The Morgan fingerprint density at radius 3 is 2.63 bits per heavy atom. The molecule has 3 heterocycles. The van der Waals surface area contributed by atoms with Crippen LogP contribution in [0.2, 0.25) is 0 Å². The molecule has 4 aromatic rings. The van der Waals surface area contributed by atoms with Crippen molar-refractivity contribution in [1.82, 2.24) is 25.4 Å². The summed E-state index contributed by atoms with van der Waals surface area (Å²) in [6.45, 7) is 1.69. The van der Waals surface area contributed by atoms with Crippen molar-refractivity contribution in [1.29, 1.82) is 5.41 Å². The molecular formula is C18H14FN7O. The first-order valence-corrected chi connectivity index (χ1v) is 8.02. The van der Waals surface area contributed by atoms with Gasteiger partial charge >= 0.3 is 0 Å². The Kier molecular flexibility index (Phi) is 4.17. The zero-order chi connectivity index (χ0) is 18.8. The van der Waals surface area contributed by atoms with E-state index < -0.39 is 0 Å².